The first-order valence-corrected chi connectivity index (χ1v) is 7.37. The highest BCUT2D eigenvalue weighted by Crippen LogP contribution is 2.16. The molecule has 0 aliphatic heterocycles. The quantitative estimate of drug-likeness (QED) is 0.771. The Morgan fingerprint density at radius 2 is 2.27 bits per heavy atom. The summed E-state index contributed by atoms with van der Waals surface area (Å²) >= 11 is 0. The highest BCUT2D eigenvalue weighted by molar-refractivity contribution is 5.76. The minimum absolute atomic E-state index is 0.0560. The van der Waals surface area contributed by atoms with Crippen LogP contribution >= 0.6 is 0 Å². The minimum atomic E-state index is -0.207. The van der Waals surface area contributed by atoms with Crippen molar-refractivity contribution in [3.05, 3.63) is 24.3 Å². The first kappa shape index (κ1) is 16.2. The third-order valence-electron chi connectivity index (χ3n) is 3.35. The number of aliphatic hydroxyl groups is 1. The van der Waals surface area contributed by atoms with Crippen LogP contribution in [0.4, 0.5) is 0 Å². The molecule has 0 spiro atoms. The van der Waals surface area contributed by atoms with Crippen molar-refractivity contribution in [1.82, 2.24) is 15.5 Å². The average molecular weight is 307 g/mol. The lowest BCUT2D eigenvalue weighted by Crippen LogP contribution is -2.41. The molecule has 0 unspecified atom stereocenters. The number of furan rings is 1. The van der Waals surface area contributed by atoms with Crippen LogP contribution < -0.4 is 5.32 Å². The maximum Gasteiger partial charge on any atom is 0.238 e. The van der Waals surface area contributed by atoms with Crippen molar-refractivity contribution in [3.8, 4) is 11.6 Å². The summed E-state index contributed by atoms with van der Waals surface area (Å²) in [6, 6.07) is 3.30. The maximum absolute atomic E-state index is 11.8. The Bertz CT molecular complexity index is 577. The van der Waals surface area contributed by atoms with E-state index in [4.69, 9.17) is 8.94 Å². The van der Waals surface area contributed by atoms with Crippen molar-refractivity contribution in [2.75, 3.05) is 6.61 Å². The molecule has 2 aromatic rings. The summed E-state index contributed by atoms with van der Waals surface area (Å²) in [6.07, 6.45) is 3.01. The third kappa shape index (κ3) is 4.42. The van der Waals surface area contributed by atoms with E-state index in [9.17, 15) is 9.90 Å². The normalized spacial score (nSPS) is 12.5. The standard InChI is InChI=1S/C15H21N3O4/c1-10(2)11(9-19)16-13(20)6-3-7-14-17-15(18-22-14)12-5-4-8-21-12/h4-5,8,10-11,19H,3,6-7,9H2,1-2H3,(H,16,20)/t11-/m1/s1. The fourth-order valence-electron chi connectivity index (χ4n) is 1.96. The van der Waals surface area contributed by atoms with Gasteiger partial charge in [0.05, 0.1) is 18.9 Å². The van der Waals surface area contributed by atoms with Gasteiger partial charge in [-0.2, -0.15) is 4.98 Å². The lowest BCUT2D eigenvalue weighted by Gasteiger charge is -2.19. The number of aromatic nitrogens is 2. The van der Waals surface area contributed by atoms with Crippen molar-refractivity contribution < 1.29 is 18.8 Å². The fourth-order valence-corrected chi connectivity index (χ4v) is 1.96. The minimum Gasteiger partial charge on any atom is -0.461 e. The molecule has 2 heterocycles. The topological polar surface area (TPSA) is 101 Å². The largest absolute Gasteiger partial charge is 0.461 e. The lowest BCUT2D eigenvalue weighted by molar-refractivity contribution is -0.122. The number of hydrogen-bond donors (Lipinski definition) is 2. The summed E-state index contributed by atoms with van der Waals surface area (Å²) in [5.74, 6) is 1.54. The van der Waals surface area contributed by atoms with Gasteiger partial charge in [0.2, 0.25) is 17.6 Å². The summed E-state index contributed by atoms with van der Waals surface area (Å²) in [7, 11) is 0. The number of carbonyl (C=O) groups excluding carboxylic acids is 1. The van der Waals surface area contributed by atoms with Gasteiger partial charge >= 0.3 is 0 Å². The molecule has 7 nitrogen and oxygen atoms in total. The average Bonchev–Trinajstić information content (AvgIpc) is 3.15. The molecule has 0 aromatic carbocycles. The van der Waals surface area contributed by atoms with Crippen LogP contribution in [0.3, 0.4) is 0 Å². The first-order valence-electron chi connectivity index (χ1n) is 7.37. The van der Waals surface area contributed by atoms with E-state index in [0.717, 1.165) is 0 Å². The van der Waals surface area contributed by atoms with Gasteiger partial charge in [-0.3, -0.25) is 4.79 Å². The van der Waals surface area contributed by atoms with Gasteiger partial charge in [0.15, 0.2) is 5.76 Å². The molecule has 0 aliphatic rings. The summed E-state index contributed by atoms with van der Waals surface area (Å²) < 4.78 is 10.3. The molecule has 7 heteroatoms. The van der Waals surface area contributed by atoms with Gasteiger partial charge in [-0.25, -0.2) is 0 Å². The Morgan fingerprint density at radius 1 is 1.45 bits per heavy atom. The van der Waals surface area contributed by atoms with E-state index in [0.29, 0.717) is 36.7 Å². The predicted molar refractivity (Wildman–Crippen MR) is 78.8 cm³/mol. The second kappa shape index (κ2) is 7.74. The van der Waals surface area contributed by atoms with Gasteiger partial charge in [0.25, 0.3) is 0 Å². The highest BCUT2D eigenvalue weighted by Gasteiger charge is 2.15. The van der Waals surface area contributed by atoms with E-state index in [-0.39, 0.29) is 24.5 Å². The van der Waals surface area contributed by atoms with E-state index in [1.54, 1.807) is 18.4 Å². The molecule has 2 aromatic heterocycles. The molecule has 1 amide bonds. The predicted octanol–water partition coefficient (Wildman–Crippen LogP) is 1.79. The molecule has 22 heavy (non-hydrogen) atoms. The van der Waals surface area contributed by atoms with Crippen LogP contribution in [0.1, 0.15) is 32.6 Å². The van der Waals surface area contributed by atoms with Gasteiger partial charge in [-0.05, 0) is 24.5 Å². The molecule has 0 aliphatic carbocycles. The second-order valence-electron chi connectivity index (χ2n) is 5.44. The molecule has 2 N–H and O–H groups in total. The number of amides is 1. The summed E-state index contributed by atoms with van der Waals surface area (Å²) in [5, 5.41) is 15.8. The SMILES string of the molecule is CC(C)[C@@H](CO)NC(=O)CCCc1nc(-c2ccco2)no1. The number of carbonyl (C=O) groups is 1. The molecule has 120 valence electrons. The lowest BCUT2D eigenvalue weighted by atomic mass is 10.1. The zero-order valence-electron chi connectivity index (χ0n) is 12.8. The van der Waals surface area contributed by atoms with Gasteiger partial charge < -0.3 is 19.4 Å². The van der Waals surface area contributed by atoms with Crippen LogP contribution in [0.15, 0.2) is 27.3 Å². The van der Waals surface area contributed by atoms with Crippen molar-refractivity contribution >= 4 is 5.91 Å². The number of nitrogens with one attached hydrogen (secondary N) is 1. The van der Waals surface area contributed by atoms with Crippen LogP contribution in [-0.4, -0.2) is 33.8 Å². The molecule has 2 rings (SSSR count). The summed E-state index contributed by atoms with van der Waals surface area (Å²) in [5.41, 5.74) is 0. The van der Waals surface area contributed by atoms with Gasteiger partial charge in [0, 0.05) is 12.8 Å². The van der Waals surface area contributed by atoms with Crippen LogP contribution in [0, 0.1) is 5.92 Å². The first-order chi connectivity index (χ1) is 10.6. The van der Waals surface area contributed by atoms with Gasteiger partial charge in [-0.15, -0.1) is 0 Å². The van der Waals surface area contributed by atoms with Gasteiger partial charge in [0.1, 0.15) is 0 Å². The number of rotatable bonds is 8. The molecule has 0 radical (unpaired) electrons. The Morgan fingerprint density at radius 3 is 2.91 bits per heavy atom. The Hall–Kier alpha value is -2.15. The van der Waals surface area contributed by atoms with E-state index in [2.05, 4.69) is 15.5 Å². The Balaban J connectivity index is 1.76. The van der Waals surface area contributed by atoms with Gasteiger partial charge in [-0.1, -0.05) is 19.0 Å². The van der Waals surface area contributed by atoms with Crippen molar-refractivity contribution in [1.29, 1.82) is 0 Å². The Kier molecular flexibility index (Phi) is 5.71. The van der Waals surface area contributed by atoms with Crippen molar-refractivity contribution in [3.63, 3.8) is 0 Å². The molecular weight excluding hydrogens is 286 g/mol. The van der Waals surface area contributed by atoms with Crippen LogP contribution in [0.5, 0.6) is 0 Å². The van der Waals surface area contributed by atoms with E-state index >= 15 is 0 Å². The van der Waals surface area contributed by atoms with E-state index in [1.807, 2.05) is 13.8 Å². The monoisotopic (exact) mass is 307 g/mol. The molecule has 1 atom stereocenters. The summed E-state index contributed by atoms with van der Waals surface area (Å²) in [6.45, 7) is 3.85. The maximum atomic E-state index is 11.8. The summed E-state index contributed by atoms with van der Waals surface area (Å²) in [4.78, 5) is 16.0. The smallest absolute Gasteiger partial charge is 0.238 e. The highest BCUT2D eigenvalue weighted by atomic mass is 16.5. The Labute approximate surface area is 128 Å². The molecular formula is C15H21N3O4. The van der Waals surface area contributed by atoms with E-state index < -0.39 is 0 Å². The zero-order valence-corrected chi connectivity index (χ0v) is 12.8. The molecule has 0 saturated carbocycles. The number of nitrogens with zero attached hydrogens (tertiary/aromatic N) is 2. The fraction of sp³-hybridized carbons (Fsp3) is 0.533. The zero-order chi connectivity index (χ0) is 15.9. The van der Waals surface area contributed by atoms with Crippen LogP contribution in [0.2, 0.25) is 0 Å². The number of aryl methyl sites for hydroxylation is 1. The molecule has 0 bridgehead atoms. The third-order valence-corrected chi connectivity index (χ3v) is 3.35. The van der Waals surface area contributed by atoms with Crippen LogP contribution in [-0.2, 0) is 11.2 Å². The van der Waals surface area contributed by atoms with Crippen LogP contribution in [0.25, 0.3) is 11.6 Å². The molecule has 0 saturated heterocycles. The van der Waals surface area contributed by atoms with Crippen molar-refractivity contribution in [2.24, 2.45) is 5.92 Å². The second-order valence-corrected chi connectivity index (χ2v) is 5.44. The molecule has 0 fully saturated rings. The van der Waals surface area contributed by atoms with E-state index in [1.165, 1.54) is 0 Å². The number of hydrogen-bond acceptors (Lipinski definition) is 6. The number of aliphatic hydroxyl groups excluding tert-OH is 1. The van der Waals surface area contributed by atoms with Crippen molar-refractivity contribution in [2.45, 2.75) is 39.2 Å².